The minimum atomic E-state index is -0.339. The van der Waals surface area contributed by atoms with Gasteiger partial charge in [-0.15, -0.1) is 0 Å². The van der Waals surface area contributed by atoms with Crippen molar-refractivity contribution < 1.29 is 14.3 Å². The van der Waals surface area contributed by atoms with E-state index in [1.54, 1.807) is 0 Å². The molecule has 2 atom stereocenters. The van der Waals surface area contributed by atoms with E-state index in [0.29, 0.717) is 13.0 Å². The Hall–Kier alpha value is -2.46. The lowest BCUT2D eigenvalue weighted by molar-refractivity contribution is -0.161. The van der Waals surface area contributed by atoms with Crippen molar-refractivity contribution in [3.8, 4) is 0 Å². The van der Waals surface area contributed by atoms with E-state index in [4.69, 9.17) is 4.74 Å². The Morgan fingerprint density at radius 2 is 1.65 bits per heavy atom. The fourth-order valence-corrected chi connectivity index (χ4v) is 2.80. The number of nitrogens with zero attached hydrogens (tertiary/aromatic N) is 1. The highest BCUT2D eigenvalue weighted by Crippen LogP contribution is 2.28. The van der Waals surface area contributed by atoms with Crippen LogP contribution in [0, 0.1) is 0 Å². The molecule has 0 saturated carbocycles. The maximum atomic E-state index is 12.3. The van der Waals surface area contributed by atoms with Crippen LogP contribution in [0.15, 0.2) is 60.7 Å². The molecule has 0 spiro atoms. The Bertz CT molecular complexity index is 657. The summed E-state index contributed by atoms with van der Waals surface area (Å²) in [6.07, 6.45) is 1.44. The van der Waals surface area contributed by atoms with E-state index in [2.05, 4.69) is 0 Å². The maximum Gasteiger partial charge on any atom is 0.323 e. The van der Waals surface area contributed by atoms with Gasteiger partial charge in [-0.3, -0.25) is 9.69 Å². The van der Waals surface area contributed by atoms with Crippen molar-refractivity contribution in [3.05, 3.63) is 71.8 Å². The number of esters is 1. The van der Waals surface area contributed by atoms with Gasteiger partial charge in [0.1, 0.15) is 18.9 Å². The van der Waals surface area contributed by atoms with Gasteiger partial charge in [0.2, 0.25) is 0 Å². The smallest absolute Gasteiger partial charge is 0.323 e. The average molecular weight is 309 g/mol. The highest BCUT2D eigenvalue weighted by molar-refractivity contribution is 5.79. The molecule has 4 heteroatoms. The highest BCUT2D eigenvalue weighted by atomic mass is 16.5. The summed E-state index contributed by atoms with van der Waals surface area (Å²) in [6.45, 7) is 0.844. The summed E-state index contributed by atoms with van der Waals surface area (Å²) in [7, 11) is 0. The van der Waals surface area contributed by atoms with Gasteiger partial charge in [0.05, 0.1) is 6.04 Å². The van der Waals surface area contributed by atoms with Crippen molar-refractivity contribution in [1.29, 1.82) is 0 Å². The number of hydrogen-bond acceptors (Lipinski definition) is 4. The number of carbonyl (C=O) groups excluding carboxylic acids is 2. The molecule has 1 aliphatic heterocycles. The second kappa shape index (κ2) is 7.20. The zero-order valence-corrected chi connectivity index (χ0v) is 12.8. The number of benzene rings is 2. The molecule has 1 saturated heterocycles. The fraction of sp³-hybridized carbons (Fsp3) is 0.263. The maximum absolute atomic E-state index is 12.3. The molecule has 1 fully saturated rings. The topological polar surface area (TPSA) is 46.6 Å². The van der Waals surface area contributed by atoms with Crippen LogP contribution in [-0.4, -0.2) is 29.2 Å². The molecular weight excluding hydrogens is 290 g/mol. The van der Waals surface area contributed by atoms with E-state index < -0.39 is 0 Å². The summed E-state index contributed by atoms with van der Waals surface area (Å²) in [5, 5.41) is 0. The van der Waals surface area contributed by atoms with Crippen LogP contribution < -0.4 is 0 Å². The summed E-state index contributed by atoms with van der Waals surface area (Å²) in [5.41, 5.74) is 2.04. The fourth-order valence-electron chi connectivity index (χ4n) is 2.80. The SMILES string of the molecule is O=C[C@@H]1C[C@H](C(=O)OCc2ccccc2)N1Cc1ccccc1. The lowest BCUT2D eigenvalue weighted by Gasteiger charge is -2.44. The molecule has 0 aliphatic carbocycles. The largest absolute Gasteiger partial charge is 0.460 e. The third-order valence-electron chi connectivity index (χ3n) is 4.15. The van der Waals surface area contributed by atoms with Crippen molar-refractivity contribution in [3.63, 3.8) is 0 Å². The third kappa shape index (κ3) is 3.66. The van der Waals surface area contributed by atoms with Gasteiger partial charge in [-0.1, -0.05) is 60.7 Å². The highest BCUT2D eigenvalue weighted by Gasteiger charge is 2.43. The van der Waals surface area contributed by atoms with E-state index in [9.17, 15) is 9.59 Å². The molecule has 2 aromatic rings. The summed E-state index contributed by atoms with van der Waals surface area (Å²) in [6, 6.07) is 18.9. The van der Waals surface area contributed by atoms with Crippen LogP contribution in [0.4, 0.5) is 0 Å². The molecule has 1 heterocycles. The van der Waals surface area contributed by atoms with E-state index in [0.717, 1.165) is 17.4 Å². The van der Waals surface area contributed by atoms with Crippen molar-refractivity contribution in [1.82, 2.24) is 4.90 Å². The number of ether oxygens (including phenoxy) is 1. The summed E-state index contributed by atoms with van der Waals surface area (Å²) >= 11 is 0. The minimum Gasteiger partial charge on any atom is -0.460 e. The predicted molar refractivity (Wildman–Crippen MR) is 86.5 cm³/mol. The Morgan fingerprint density at radius 3 is 2.26 bits per heavy atom. The molecule has 118 valence electrons. The number of rotatable bonds is 6. The van der Waals surface area contributed by atoms with Gasteiger partial charge in [0.25, 0.3) is 0 Å². The monoisotopic (exact) mass is 309 g/mol. The molecule has 0 unspecified atom stereocenters. The van der Waals surface area contributed by atoms with Crippen molar-refractivity contribution in [2.75, 3.05) is 0 Å². The first-order valence-corrected chi connectivity index (χ1v) is 7.73. The first kappa shape index (κ1) is 15.4. The molecular formula is C19H19NO3. The number of aldehydes is 1. The van der Waals surface area contributed by atoms with Gasteiger partial charge < -0.3 is 9.53 Å². The number of likely N-dealkylation sites (tertiary alicyclic amines) is 1. The van der Waals surface area contributed by atoms with Crippen molar-refractivity contribution in [2.45, 2.75) is 31.7 Å². The van der Waals surface area contributed by atoms with E-state index in [-0.39, 0.29) is 24.7 Å². The molecule has 1 aliphatic rings. The van der Waals surface area contributed by atoms with Gasteiger partial charge in [-0.05, 0) is 17.5 Å². The molecule has 4 nitrogen and oxygen atoms in total. The van der Waals surface area contributed by atoms with Crippen molar-refractivity contribution in [2.24, 2.45) is 0 Å². The molecule has 2 aromatic carbocycles. The van der Waals surface area contributed by atoms with E-state index in [1.807, 2.05) is 65.6 Å². The normalized spacial score (nSPS) is 20.5. The second-order valence-corrected chi connectivity index (χ2v) is 5.71. The first-order chi connectivity index (χ1) is 11.3. The molecule has 0 amide bonds. The van der Waals surface area contributed by atoms with E-state index >= 15 is 0 Å². The Kier molecular flexibility index (Phi) is 4.83. The van der Waals surface area contributed by atoms with Gasteiger partial charge >= 0.3 is 5.97 Å². The Balaban J connectivity index is 1.59. The minimum absolute atomic E-state index is 0.204. The molecule has 3 rings (SSSR count). The Morgan fingerprint density at radius 1 is 1.04 bits per heavy atom. The molecule has 0 radical (unpaired) electrons. The van der Waals surface area contributed by atoms with Crippen LogP contribution in [0.5, 0.6) is 0 Å². The number of carbonyl (C=O) groups is 2. The van der Waals surface area contributed by atoms with Gasteiger partial charge in [0, 0.05) is 6.54 Å². The summed E-state index contributed by atoms with van der Waals surface area (Å²) in [5.74, 6) is -0.261. The molecule has 0 aromatic heterocycles. The van der Waals surface area contributed by atoms with Crippen LogP contribution >= 0.6 is 0 Å². The van der Waals surface area contributed by atoms with Crippen LogP contribution in [0.1, 0.15) is 17.5 Å². The molecule has 0 N–H and O–H groups in total. The van der Waals surface area contributed by atoms with Crippen LogP contribution in [0.25, 0.3) is 0 Å². The van der Waals surface area contributed by atoms with Crippen LogP contribution in [0.3, 0.4) is 0 Å². The lowest BCUT2D eigenvalue weighted by Crippen LogP contribution is -2.59. The zero-order chi connectivity index (χ0) is 16.1. The summed E-state index contributed by atoms with van der Waals surface area (Å²) < 4.78 is 5.40. The van der Waals surface area contributed by atoms with Crippen molar-refractivity contribution >= 4 is 12.3 Å². The first-order valence-electron chi connectivity index (χ1n) is 7.73. The summed E-state index contributed by atoms with van der Waals surface area (Å²) in [4.78, 5) is 25.3. The van der Waals surface area contributed by atoms with Crippen LogP contribution in [-0.2, 0) is 27.5 Å². The quantitative estimate of drug-likeness (QED) is 0.608. The van der Waals surface area contributed by atoms with Gasteiger partial charge in [-0.2, -0.15) is 0 Å². The standard InChI is InChI=1S/C19H19NO3/c21-13-17-11-18(20(17)12-15-7-3-1-4-8-15)19(22)23-14-16-9-5-2-6-10-16/h1-10,13,17-18H,11-12,14H2/t17-,18+/m0/s1. The third-order valence-corrected chi connectivity index (χ3v) is 4.15. The molecule has 0 bridgehead atoms. The lowest BCUT2D eigenvalue weighted by atomic mass is 9.93. The molecule has 23 heavy (non-hydrogen) atoms. The second-order valence-electron chi connectivity index (χ2n) is 5.71. The van der Waals surface area contributed by atoms with E-state index in [1.165, 1.54) is 0 Å². The van der Waals surface area contributed by atoms with Gasteiger partial charge in [0.15, 0.2) is 0 Å². The number of hydrogen-bond donors (Lipinski definition) is 0. The average Bonchev–Trinajstić information content (AvgIpc) is 2.59. The predicted octanol–water partition coefficient (Wildman–Crippen LogP) is 2.57. The Labute approximate surface area is 135 Å². The van der Waals surface area contributed by atoms with Gasteiger partial charge in [-0.25, -0.2) is 0 Å². The van der Waals surface area contributed by atoms with Crippen LogP contribution in [0.2, 0.25) is 0 Å². The zero-order valence-electron chi connectivity index (χ0n) is 12.8.